The summed E-state index contributed by atoms with van der Waals surface area (Å²) in [5.74, 6) is -1.24. The third-order valence-corrected chi connectivity index (χ3v) is 3.39. The van der Waals surface area contributed by atoms with Crippen molar-refractivity contribution in [3.05, 3.63) is 28.2 Å². The molecule has 0 aliphatic rings. The lowest BCUT2D eigenvalue weighted by Crippen LogP contribution is -2.38. The van der Waals surface area contributed by atoms with Crippen LogP contribution < -0.4 is 5.32 Å². The molecule has 1 aromatic carbocycles. The molecule has 116 valence electrons. The van der Waals surface area contributed by atoms with Gasteiger partial charge in [0.2, 0.25) is 5.91 Å². The summed E-state index contributed by atoms with van der Waals surface area (Å²) < 4.78 is 5.70. The summed E-state index contributed by atoms with van der Waals surface area (Å²) in [6.45, 7) is 2.50. The van der Waals surface area contributed by atoms with Gasteiger partial charge in [-0.05, 0) is 40.5 Å². The summed E-state index contributed by atoms with van der Waals surface area (Å²) in [5.41, 5.74) is 1.74. The van der Waals surface area contributed by atoms with E-state index >= 15 is 0 Å². The normalized spacial score (nSPS) is 10.7. The fourth-order valence-corrected chi connectivity index (χ4v) is 2.33. The van der Waals surface area contributed by atoms with Crippen LogP contribution in [0, 0.1) is 6.92 Å². The van der Waals surface area contributed by atoms with E-state index in [1.54, 1.807) is 6.07 Å². The third kappa shape index (κ3) is 6.70. The quantitative estimate of drug-likeness (QED) is 0.739. The number of methoxy groups -OCH3 is 1. The molecule has 21 heavy (non-hydrogen) atoms. The summed E-state index contributed by atoms with van der Waals surface area (Å²) in [5, 5.41) is 11.6. The number of aliphatic carboxylic acids is 1. The van der Waals surface area contributed by atoms with Crippen LogP contribution >= 0.6 is 15.9 Å². The maximum absolute atomic E-state index is 12.0. The molecule has 0 heterocycles. The van der Waals surface area contributed by atoms with Crippen LogP contribution in [-0.4, -0.2) is 55.2 Å². The Bertz CT molecular complexity index is 508. The number of rotatable bonds is 8. The minimum absolute atomic E-state index is 0.00399. The van der Waals surface area contributed by atoms with Gasteiger partial charge in [-0.3, -0.25) is 14.5 Å². The van der Waals surface area contributed by atoms with Crippen LogP contribution in [0.2, 0.25) is 0 Å². The van der Waals surface area contributed by atoms with Crippen LogP contribution in [0.5, 0.6) is 0 Å². The first-order valence-corrected chi connectivity index (χ1v) is 7.20. The average Bonchev–Trinajstić information content (AvgIpc) is 2.38. The molecule has 1 rings (SSSR count). The van der Waals surface area contributed by atoms with Crippen LogP contribution in [-0.2, 0) is 14.3 Å². The van der Waals surface area contributed by atoms with Crippen molar-refractivity contribution < 1.29 is 19.4 Å². The van der Waals surface area contributed by atoms with Gasteiger partial charge in [0.25, 0.3) is 0 Å². The number of nitrogens with one attached hydrogen (secondary N) is 1. The second-order valence-corrected chi connectivity index (χ2v) is 5.48. The molecule has 0 radical (unpaired) electrons. The highest BCUT2D eigenvalue weighted by Gasteiger charge is 2.14. The van der Waals surface area contributed by atoms with Crippen molar-refractivity contribution >= 4 is 33.5 Å². The van der Waals surface area contributed by atoms with Gasteiger partial charge in [0.05, 0.1) is 25.4 Å². The molecule has 0 fully saturated rings. The Labute approximate surface area is 132 Å². The lowest BCUT2D eigenvalue weighted by Gasteiger charge is -2.19. The van der Waals surface area contributed by atoms with Gasteiger partial charge >= 0.3 is 5.97 Å². The van der Waals surface area contributed by atoms with E-state index in [0.29, 0.717) is 18.8 Å². The number of carboxylic acid groups (broad SMARTS) is 1. The molecule has 0 aliphatic heterocycles. The van der Waals surface area contributed by atoms with Gasteiger partial charge in [0, 0.05) is 18.1 Å². The number of nitrogens with zero attached hydrogens (tertiary/aromatic N) is 1. The van der Waals surface area contributed by atoms with Gasteiger partial charge in [-0.2, -0.15) is 0 Å². The highest BCUT2D eigenvalue weighted by molar-refractivity contribution is 9.10. The zero-order chi connectivity index (χ0) is 15.8. The molecule has 7 heteroatoms. The highest BCUT2D eigenvalue weighted by Crippen LogP contribution is 2.23. The molecular formula is C14H19BrN2O4. The molecular weight excluding hydrogens is 340 g/mol. The van der Waals surface area contributed by atoms with Crippen molar-refractivity contribution in [2.75, 3.05) is 38.7 Å². The van der Waals surface area contributed by atoms with Gasteiger partial charge in [-0.25, -0.2) is 0 Å². The molecule has 1 amide bonds. The van der Waals surface area contributed by atoms with Gasteiger partial charge in [-0.15, -0.1) is 0 Å². The lowest BCUT2D eigenvalue weighted by molar-refractivity contribution is -0.138. The SMILES string of the molecule is COCCN(CC(=O)O)CC(=O)Nc1ccc(C)cc1Br. The molecule has 0 atom stereocenters. The average molecular weight is 359 g/mol. The zero-order valence-corrected chi connectivity index (χ0v) is 13.6. The van der Waals surface area contributed by atoms with Gasteiger partial charge < -0.3 is 15.2 Å². The van der Waals surface area contributed by atoms with E-state index in [4.69, 9.17) is 9.84 Å². The molecule has 6 nitrogen and oxygen atoms in total. The van der Waals surface area contributed by atoms with E-state index in [9.17, 15) is 9.59 Å². The Morgan fingerprint density at radius 1 is 1.38 bits per heavy atom. The van der Waals surface area contributed by atoms with Gasteiger partial charge in [-0.1, -0.05) is 6.07 Å². The molecule has 0 aromatic heterocycles. The molecule has 2 N–H and O–H groups in total. The van der Waals surface area contributed by atoms with Gasteiger partial charge in [0.15, 0.2) is 0 Å². The number of hydrogen-bond acceptors (Lipinski definition) is 4. The molecule has 0 unspecified atom stereocenters. The number of ether oxygens (including phenoxy) is 1. The van der Waals surface area contributed by atoms with E-state index in [-0.39, 0.29) is 19.0 Å². The zero-order valence-electron chi connectivity index (χ0n) is 12.1. The number of anilines is 1. The van der Waals surface area contributed by atoms with Crippen LogP contribution in [0.3, 0.4) is 0 Å². The van der Waals surface area contributed by atoms with Crippen molar-refractivity contribution in [2.24, 2.45) is 0 Å². The van der Waals surface area contributed by atoms with Crippen LogP contribution in [0.25, 0.3) is 0 Å². The predicted octanol–water partition coefficient (Wildman–Crippen LogP) is 1.73. The predicted molar refractivity (Wildman–Crippen MR) is 83.5 cm³/mol. The summed E-state index contributed by atoms with van der Waals surface area (Å²) in [7, 11) is 1.53. The second-order valence-electron chi connectivity index (χ2n) is 4.63. The number of carboxylic acids is 1. The first-order chi connectivity index (χ1) is 9.92. The van der Waals surface area contributed by atoms with Crippen LogP contribution in [0.4, 0.5) is 5.69 Å². The van der Waals surface area contributed by atoms with E-state index in [1.807, 2.05) is 19.1 Å². The van der Waals surface area contributed by atoms with Crippen molar-refractivity contribution in [3.8, 4) is 0 Å². The Morgan fingerprint density at radius 2 is 2.10 bits per heavy atom. The Hall–Kier alpha value is -1.44. The van der Waals surface area contributed by atoms with E-state index in [1.165, 1.54) is 12.0 Å². The maximum Gasteiger partial charge on any atom is 0.317 e. The fraction of sp³-hybridized carbons (Fsp3) is 0.429. The van der Waals surface area contributed by atoms with Crippen molar-refractivity contribution in [2.45, 2.75) is 6.92 Å². The number of benzene rings is 1. The van der Waals surface area contributed by atoms with Crippen molar-refractivity contribution in [3.63, 3.8) is 0 Å². The lowest BCUT2D eigenvalue weighted by atomic mass is 10.2. The monoisotopic (exact) mass is 358 g/mol. The summed E-state index contributed by atoms with van der Waals surface area (Å²) in [4.78, 5) is 24.3. The number of aryl methyl sites for hydroxylation is 1. The van der Waals surface area contributed by atoms with Crippen molar-refractivity contribution in [1.29, 1.82) is 0 Å². The molecule has 0 bridgehead atoms. The maximum atomic E-state index is 12.0. The number of carbonyl (C=O) groups excluding carboxylic acids is 1. The topological polar surface area (TPSA) is 78.9 Å². The first kappa shape index (κ1) is 17.6. The molecule has 1 aromatic rings. The third-order valence-electron chi connectivity index (χ3n) is 2.74. The second kappa shape index (κ2) is 8.76. The molecule has 0 spiro atoms. The highest BCUT2D eigenvalue weighted by atomic mass is 79.9. The smallest absolute Gasteiger partial charge is 0.317 e. The first-order valence-electron chi connectivity index (χ1n) is 6.41. The largest absolute Gasteiger partial charge is 0.480 e. The summed E-state index contributed by atoms with van der Waals surface area (Å²) >= 11 is 3.38. The number of carbonyl (C=O) groups is 2. The Balaban J connectivity index is 2.61. The van der Waals surface area contributed by atoms with E-state index in [2.05, 4.69) is 21.2 Å². The molecule has 0 saturated carbocycles. The summed E-state index contributed by atoms with van der Waals surface area (Å²) in [6, 6.07) is 5.59. The summed E-state index contributed by atoms with van der Waals surface area (Å²) in [6.07, 6.45) is 0. The van der Waals surface area contributed by atoms with Crippen LogP contribution in [0.1, 0.15) is 5.56 Å². The minimum atomic E-state index is -0.976. The molecule has 0 aliphatic carbocycles. The number of halogens is 1. The number of hydrogen-bond donors (Lipinski definition) is 2. The van der Waals surface area contributed by atoms with Crippen molar-refractivity contribution in [1.82, 2.24) is 4.90 Å². The fourth-order valence-electron chi connectivity index (χ4n) is 1.74. The van der Waals surface area contributed by atoms with E-state index in [0.717, 1.165) is 10.0 Å². The number of amides is 1. The standard InChI is InChI=1S/C14H19BrN2O4/c1-10-3-4-12(11(15)7-10)16-13(18)8-17(5-6-21-2)9-14(19)20/h3-4,7H,5-6,8-9H2,1-2H3,(H,16,18)(H,19,20). The van der Waals surface area contributed by atoms with Crippen LogP contribution in [0.15, 0.2) is 22.7 Å². The minimum Gasteiger partial charge on any atom is -0.480 e. The van der Waals surface area contributed by atoms with Gasteiger partial charge in [0.1, 0.15) is 0 Å². The Kier molecular flexibility index (Phi) is 7.35. The van der Waals surface area contributed by atoms with E-state index < -0.39 is 5.97 Å². The Morgan fingerprint density at radius 3 is 2.67 bits per heavy atom. The molecule has 0 saturated heterocycles.